The minimum Gasteiger partial charge on any atom is -0.495 e. The molecule has 0 aromatic heterocycles. The van der Waals surface area contributed by atoms with Crippen molar-refractivity contribution in [2.24, 2.45) is 0 Å². The highest BCUT2D eigenvalue weighted by Crippen LogP contribution is 2.38. The monoisotopic (exact) mass is 394 g/mol. The summed E-state index contributed by atoms with van der Waals surface area (Å²) in [5, 5.41) is 2.82. The zero-order chi connectivity index (χ0) is 20.0. The molecule has 0 aliphatic heterocycles. The number of anilines is 2. The minimum absolute atomic E-state index is 0.0397. The molecule has 0 aliphatic rings. The Morgan fingerprint density at radius 2 is 1.81 bits per heavy atom. The molecule has 1 N–H and O–H groups in total. The number of rotatable bonds is 7. The molecule has 0 heterocycles. The fraction of sp³-hybridized carbons (Fsp3) is 0.263. The van der Waals surface area contributed by atoms with Gasteiger partial charge < -0.3 is 19.7 Å². The fourth-order valence-corrected chi connectivity index (χ4v) is 2.72. The Morgan fingerprint density at radius 3 is 2.41 bits per heavy atom. The van der Waals surface area contributed by atoms with Gasteiger partial charge in [0.05, 0.1) is 30.6 Å². The van der Waals surface area contributed by atoms with Gasteiger partial charge in [0.25, 0.3) is 0 Å². The van der Waals surface area contributed by atoms with Gasteiger partial charge >= 0.3 is 0 Å². The van der Waals surface area contributed by atoms with Crippen molar-refractivity contribution in [2.75, 3.05) is 31.0 Å². The summed E-state index contributed by atoms with van der Waals surface area (Å²) in [6, 6.07) is 8.96. The molecule has 0 bridgehead atoms. The van der Waals surface area contributed by atoms with Crippen LogP contribution in [0.2, 0.25) is 5.02 Å². The van der Waals surface area contributed by atoms with E-state index in [4.69, 9.17) is 21.1 Å². The van der Waals surface area contributed by atoms with E-state index in [1.807, 2.05) is 0 Å². The van der Waals surface area contributed by atoms with Crippen molar-refractivity contribution in [1.29, 1.82) is 0 Å². The van der Waals surface area contributed by atoms with E-state index < -0.39 is 11.7 Å². The molecule has 0 saturated heterocycles. The molecule has 0 aliphatic carbocycles. The second-order valence-corrected chi connectivity index (χ2v) is 6.01. The number of nitrogens with one attached hydrogen (secondary N) is 1. The molecule has 0 spiro atoms. The lowest BCUT2D eigenvalue weighted by Crippen LogP contribution is -2.32. The Kier molecular flexibility index (Phi) is 7.01. The average Bonchev–Trinajstić information content (AvgIpc) is 2.64. The number of nitrogens with zero attached hydrogens (tertiary/aromatic N) is 1. The maximum atomic E-state index is 13.6. The smallest absolute Gasteiger partial charge is 0.226 e. The summed E-state index contributed by atoms with van der Waals surface area (Å²) in [6.45, 7) is 1.44. The van der Waals surface area contributed by atoms with E-state index in [1.165, 1.54) is 50.3 Å². The van der Waals surface area contributed by atoms with Crippen LogP contribution in [0.1, 0.15) is 13.3 Å². The average molecular weight is 395 g/mol. The number of hydrogen-bond donors (Lipinski definition) is 1. The van der Waals surface area contributed by atoms with Crippen LogP contribution in [0.5, 0.6) is 11.5 Å². The second kappa shape index (κ2) is 9.23. The summed E-state index contributed by atoms with van der Waals surface area (Å²) in [7, 11) is 2.91. The molecule has 8 heteroatoms. The van der Waals surface area contributed by atoms with Crippen LogP contribution in [0.4, 0.5) is 15.8 Å². The molecule has 0 unspecified atom stereocenters. The molecule has 2 rings (SSSR count). The molecule has 6 nitrogen and oxygen atoms in total. The van der Waals surface area contributed by atoms with E-state index >= 15 is 0 Å². The summed E-state index contributed by atoms with van der Waals surface area (Å²) >= 11 is 6.09. The Hall–Kier alpha value is -2.80. The Bertz CT molecular complexity index is 844. The number of methoxy groups -OCH3 is 2. The zero-order valence-electron chi connectivity index (χ0n) is 15.2. The van der Waals surface area contributed by atoms with Gasteiger partial charge in [-0.3, -0.25) is 9.59 Å². The van der Waals surface area contributed by atoms with Gasteiger partial charge in [0.15, 0.2) is 0 Å². The van der Waals surface area contributed by atoms with Crippen LogP contribution < -0.4 is 19.7 Å². The Labute approximate surface area is 161 Å². The van der Waals surface area contributed by atoms with Crippen molar-refractivity contribution < 1.29 is 23.5 Å². The molecular weight excluding hydrogens is 375 g/mol. The van der Waals surface area contributed by atoms with Crippen LogP contribution in [-0.4, -0.2) is 32.6 Å². The third-order valence-corrected chi connectivity index (χ3v) is 4.13. The Balaban J connectivity index is 2.18. The van der Waals surface area contributed by atoms with Crippen molar-refractivity contribution in [1.82, 2.24) is 0 Å². The first-order valence-corrected chi connectivity index (χ1v) is 8.49. The minimum atomic E-state index is -0.529. The van der Waals surface area contributed by atoms with E-state index in [1.54, 1.807) is 12.1 Å². The number of amides is 2. The fourth-order valence-electron chi connectivity index (χ4n) is 2.49. The first-order valence-electron chi connectivity index (χ1n) is 8.11. The number of para-hydroxylation sites is 1. The lowest BCUT2D eigenvalue weighted by Gasteiger charge is -2.24. The van der Waals surface area contributed by atoms with Gasteiger partial charge in [-0.05, 0) is 12.1 Å². The molecule has 27 heavy (non-hydrogen) atoms. The van der Waals surface area contributed by atoms with E-state index in [-0.39, 0.29) is 24.6 Å². The normalized spacial score (nSPS) is 10.3. The highest BCUT2D eigenvalue weighted by Gasteiger charge is 2.20. The maximum absolute atomic E-state index is 13.6. The van der Waals surface area contributed by atoms with Crippen LogP contribution in [-0.2, 0) is 9.59 Å². The first-order chi connectivity index (χ1) is 12.9. The topological polar surface area (TPSA) is 67.9 Å². The summed E-state index contributed by atoms with van der Waals surface area (Å²) in [4.78, 5) is 25.7. The third-order valence-electron chi connectivity index (χ3n) is 3.83. The lowest BCUT2D eigenvalue weighted by molar-refractivity contribution is -0.117. The van der Waals surface area contributed by atoms with Gasteiger partial charge in [-0.25, -0.2) is 4.39 Å². The summed E-state index contributed by atoms with van der Waals surface area (Å²) in [6.07, 6.45) is -0.0397. The van der Waals surface area contributed by atoms with Crippen molar-refractivity contribution >= 4 is 34.8 Å². The number of benzene rings is 2. The van der Waals surface area contributed by atoms with E-state index in [9.17, 15) is 14.0 Å². The van der Waals surface area contributed by atoms with Crippen LogP contribution >= 0.6 is 11.6 Å². The zero-order valence-corrected chi connectivity index (χ0v) is 16.0. The van der Waals surface area contributed by atoms with Gasteiger partial charge in [-0.2, -0.15) is 0 Å². The van der Waals surface area contributed by atoms with Crippen LogP contribution in [0, 0.1) is 5.82 Å². The van der Waals surface area contributed by atoms with Crippen molar-refractivity contribution in [3.63, 3.8) is 0 Å². The van der Waals surface area contributed by atoms with Gasteiger partial charge in [0.1, 0.15) is 17.3 Å². The van der Waals surface area contributed by atoms with E-state index in [2.05, 4.69) is 5.32 Å². The molecule has 0 fully saturated rings. The molecule has 2 aromatic rings. The number of carbonyl (C=O) groups is 2. The summed E-state index contributed by atoms with van der Waals surface area (Å²) in [5.41, 5.74) is 0.507. The molecule has 2 amide bonds. The first kappa shape index (κ1) is 20.5. The SMILES string of the molecule is COc1cc(N(CCC(=O)Nc2ccccc2F)C(C)=O)c(OC)cc1Cl. The van der Waals surface area contributed by atoms with Crippen molar-refractivity contribution in [2.45, 2.75) is 13.3 Å². The molecule has 2 aromatic carbocycles. The molecule has 144 valence electrons. The van der Waals surface area contributed by atoms with Gasteiger partial charge in [-0.1, -0.05) is 23.7 Å². The molecular formula is C19H20ClFN2O4. The number of hydrogen-bond acceptors (Lipinski definition) is 4. The largest absolute Gasteiger partial charge is 0.495 e. The van der Waals surface area contributed by atoms with Crippen molar-refractivity contribution in [3.05, 3.63) is 47.2 Å². The van der Waals surface area contributed by atoms with Gasteiger partial charge in [-0.15, -0.1) is 0 Å². The third kappa shape index (κ3) is 5.10. The highest BCUT2D eigenvalue weighted by molar-refractivity contribution is 6.32. The predicted octanol–water partition coefficient (Wildman–Crippen LogP) is 3.88. The number of carbonyl (C=O) groups excluding carboxylic acids is 2. The summed E-state index contributed by atoms with van der Waals surface area (Å²) in [5.74, 6) is -0.513. The molecule has 0 atom stereocenters. The number of ether oxygens (including phenoxy) is 2. The summed E-state index contributed by atoms with van der Waals surface area (Å²) < 4.78 is 24.1. The lowest BCUT2D eigenvalue weighted by atomic mass is 10.2. The van der Waals surface area contributed by atoms with Crippen LogP contribution in [0.25, 0.3) is 0 Å². The standard InChI is InChI=1S/C19H20ClFN2O4/c1-12(24)23(16-11-17(26-2)13(20)10-18(16)27-3)9-8-19(25)22-15-7-5-4-6-14(15)21/h4-7,10-11H,8-9H2,1-3H3,(H,22,25). The van der Waals surface area contributed by atoms with E-state index in [0.717, 1.165) is 0 Å². The predicted molar refractivity (Wildman–Crippen MR) is 102 cm³/mol. The Morgan fingerprint density at radius 1 is 1.15 bits per heavy atom. The van der Waals surface area contributed by atoms with Gasteiger partial charge in [0, 0.05) is 32.0 Å². The highest BCUT2D eigenvalue weighted by atomic mass is 35.5. The number of halogens is 2. The quantitative estimate of drug-likeness (QED) is 0.773. The molecule has 0 saturated carbocycles. The van der Waals surface area contributed by atoms with Crippen molar-refractivity contribution in [3.8, 4) is 11.5 Å². The van der Waals surface area contributed by atoms with Crippen LogP contribution in [0.3, 0.4) is 0 Å². The van der Waals surface area contributed by atoms with Crippen LogP contribution in [0.15, 0.2) is 36.4 Å². The van der Waals surface area contributed by atoms with Gasteiger partial charge in [0.2, 0.25) is 11.8 Å². The maximum Gasteiger partial charge on any atom is 0.226 e. The molecule has 0 radical (unpaired) electrons. The second-order valence-electron chi connectivity index (χ2n) is 5.61. The van der Waals surface area contributed by atoms with E-state index in [0.29, 0.717) is 22.2 Å².